The molecule has 0 bridgehead atoms. The van der Waals surface area contributed by atoms with E-state index in [4.69, 9.17) is 5.11 Å². The highest BCUT2D eigenvalue weighted by atomic mass is 16.3. The number of aliphatic hydroxyl groups excluding tert-OH is 1. The summed E-state index contributed by atoms with van der Waals surface area (Å²) in [4.78, 5) is 2.19. The second-order valence-electron chi connectivity index (χ2n) is 5.06. The SMILES string of the molecule is CNC(CCN(C)C(C)CO)c1cccc(C)c1. The average Bonchev–Trinajstić information content (AvgIpc) is 2.38. The Hall–Kier alpha value is -0.900. The van der Waals surface area contributed by atoms with Crippen molar-refractivity contribution in [2.75, 3.05) is 27.2 Å². The van der Waals surface area contributed by atoms with Gasteiger partial charge >= 0.3 is 0 Å². The maximum absolute atomic E-state index is 9.12. The molecule has 102 valence electrons. The zero-order chi connectivity index (χ0) is 13.5. The van der Waals surface area contributed by atoms with E-state index < -0.39 is 0 Å². The van der Waals surface area contributed by atoms with Gasteiger partial charge in [0.05, 0.1) is 6.61 Å². The van der Waals surface area contributed by atoms with E-state index in [9.17, 15) is 0 Å². The second kappa shape index (κ2) is 7.52. The molecule has 18 heavy (non-hydrogen) atoms. The van der Waals surface area contributed by atoms with Gasteiger partial charge < -0.3 is 15.3 Å². The Morgan fingerprint density at radius 2 is 2.11 bits per heavy atom. The molecule has 0 fully saturated rings. The number of hydrogen-bond donors (Lipinski definition) is 2. The minimum atomic E-state index is 0.213. The van der Waals surface area contributed by atoms with Gasteiger partial charge in [-0.25, -0.2) is 0 Å². The van der Waals surface area contributed by atoms with Crippen LogP contribution in [0.1, 0.15) is 30.5 Å². The molecule has 2 N–H and O–H groups in total. The molecule has 0 aromatic heterocycles. The van der Waals surface area contributed by atoms with Crippen LogP contribution in [0.5, 0.6) is 0 Å². The topological polar surface area (TPSA) is 35.5 Å². The molecule has 0 spiro atoms. The molecule has 0 saturated heterocycles. The molecule has 0 heterocycles. The lowest BCUT2D eigenvalue weighted by Gasteiger charge is -2.25. The Morgan fingerprint density at radius 3 is 2.67 bits per heavy atom. The highest BCUT2D eigenvalue weighted by Gasteiger charge is 2.13. The summed E-state index contributed by atoms with van der Waals surface area (Å²) < 4.78 is 0. The summed E-state index contributed by atoms with van der Waals surface area (Å²) in [6, 6.07) is 9.23. The molecular formula is C15H26N2O. The molecule has 3 nitrogen and oxygen atoms in total. The highest BCUT2D eigenvalue weighted by molar-refractivity contribution is 5.25. The number of benzene rings is 1. The Balaban J connectivity index is 2.57. The summed E-state index contributed by atoms with van der Waals surface area (Å²) in [6.07, 6.45) is 1.04. The van der Waals surface area contributed by atoms with Crippen molar-refractivity contribution < 1.29 is 5.11 Å². The minimum absolute atomic E-state index is 0.213. The zero-order valence-corrected chi connectivity index (χ0v) is 12.0. The molecule has 1 rings (SSSR count). The van der Waals surface area contributed by atoms with E-state index >= 15 is 0 Å². The van der Waals surface area contributed by atoms with Gasteiger partial charge in [0.1, 0.15) is 0 Å². The number of aliphatic hydroxyl groups is 1. The van der Waals surface area contributed by atoms with Gasteiger partial charge in [-0.1, -0.05) is 29.8 Å². The number of rotatable bonds is 7. The van der Waals surface area contributed by atoms with E-state index in [2.05, 4.69) is 48.5 Å². The zero-order valence-electron chi connectivity index (χ0n) is 12.0. The smallest absolute Gasteiger partial charge is 0.0584 e. The summed E-state index contributed by atoms with van der Waals surface area (Å²) in [5, 5.41) is 12.5. The largest absolute Gasteiger partial charge is 0.395 e. The van der Waals surface area contributed by atoms with Crippen LogP contribution in [0.25, 0.3) is 0 Å². The van der Waals surface area contributed by atoms with E-state index in [1.54, 1.807) is 0 Å². The van der Waals surface area contributed by atoms with Crippen molar-refractivity contribution in [2.45, 2.75) is 32.4 Å². The lowest BCUT2D eigenvalue weighted by molar-refractivity contribution is 0.154. The monoisotopic (exact) mass is 250 g/mol. The summed E-state index contributed by atoms with van der Waals surface area (Å²) in [5.41, 5.74) is 2.63. The molecular weight excluding hydrogens is 224 g/mol. The standard InChI is InChI=1S/C15H26N2O/c1-12-6-5-7-14(10-12)15(16-3)8-9-17(4)13(2)11-18/h5-7,10,13,15-16,18H,8-9,11H2,1-4H3. The highest BCUT2D eigenvalue weighted by Crippen LogP contribution is 2.18. The van der Waals surface area contributed by atoms with Crippen LogP contribution in [-0.2, 0) is 0 Å². The first-order valence-corrected chi connectivity index (χ1v) is 6.63. The van der Waals surface area contributed by atoms with E-state index in [-0.39, 0.29) is 12.6 Å². The van der Waals surface area contributed by atoms with Crippen LogP contribution in [0.15, 0.2) is 24.3 Å². The van der Waals surface area contributed by atoms with Crippen molar-refractivity contribution >= 4 is 0 Å². The number of likely N-dealkylation sites (N-methyl/N-ethyl adjacent to an activating group) is 1. The Kier molecular flexibility index (Phi) is 6.33. The average molecular weight is 250 g/mol. The van der Waals surface area contributed by atoms with Gasteiger partial charge in [-0.2, -0.15) is 0 Å². The quantitative estimate of drug-likeness (QED) is 0.776. The Bertz CT molecular complexity index is 354. The third kappa shape index (κ3) is 4.41. The summed E-state index contributed by atoms with van der Waals surface area (Å²) in [6.45, 7) is 5.35. The van der Waals surface area contributed by atoms with Crippen molar-refractivity contribution in [3.63, 3.8) is 0 Å². The van der Waals surface area contributed by atoms with Crippen LogP contribution >= 0.6 is 0 Å². The van der Waals surface area contributed by atoms with Gasteiger partial charge in [-0.15, -0.1) is 0 Å². The second-order valence-corrected chi connectivity index (χ2v) is 5.06. The number of nitrogens with one attached hydrogen (secondary N) is 1. The summed E-state index contributed by atoms with van der Waals surface area (Å²) in [5.74, 6) is 0. The fraction of sp³-hybridized carbons (Fsp3) is 0.600. The number of aryl methyl sites for hydroxylation is 1. The molecule has 0 aliphatic heterocycles. The Morgan fingerprint density at radius 1 is 1.39 bits per heavy atom. The third-order valence-corrected chi connectivity index (χ3v) is 3.58. The maximum atomic E-state index is 9.12. The van der Waals surface area contributed by atoms with Gasteiger partial charge in [0, 0.05) is 18.6 Å². The van der Waals surface area contributed by atoms with Gasteiger partial charge in [0.25, 0.3) is 0 Å². The first-order chi connectivity index (χ1) is 8.58. The lowest BCUT2D eigenvalue weighted by Crippen LogP contribution is -2.34. The van der Waals surface area contributed by atoms with Crippen molar-refractivity contribution in [3.05, 3.63) is 35.4 Å². The predicted octanol–water partition coefficient (Wildman–Crippen LogP) is 1.96. The lowest BCUT2D eigenvalue weighted by atomic mass is 10.0. The van der Waals surface area contributed by atoms with E-state index in [0.717, 1.165) is 13.0 Å². The molecule has 0 amide bonds. The minimum Gasteiger partial charge on any atom is -0.395 e. The molecule has 1 aromatic carbocycles. The van der Waals surface area contributed by atoms with Gasteiger partial charge in [0.15, 0.2) is 0 Å². The Labute approximate surface area is 111 Å². The van der Waals surface area contributed by atoms with Crippen molar-refractivity contribution in [1.29, 1.82) is 0 Å². The van der Waals surface area contributed by atoms with Gasteiger partial charge in [-0.3, -0.25) is 0 Å². The molecule has 0 aliphatic rings. The number of nitrogens with zero attached hydrogens (tertiary/aromatic N) is 1. The van der Waals surface area contributed by atoms with Gasteiger partial charge in [0.2, 0.25) is 0 Å². The number of hydrogen-bond acceptors (Lipinski definition) is 3. The molecule has 2 unspecified atom stereocenters. The fourth-order valence-electron chi connectivity index (χ4n) is 2.06. The fourth-order valence-corrected chi connectivity index (χ4v) is 2.06. The maximum Gasteiger partial charge on any atom is 0.0584 e. The third-order valence-electron chi connectivity index (χ3n) is 3.58. The van der Waals surface area contributed by atoms with Crippen molar-refractivity contribution in [2.24, 2.45) is 0 Å². The first-order valence-electron chi connectivity index (χ1n) is 6.63. The molecule has 2 atom stereocenters. The predicted molar refractivity (Wildman–Crippen MR) is 76.8 cm³/mol. The normalized spacial score (nSPS) is 14.8. The summed E-state index contributed by atoms with van der Waals surface area (Å²) in [7, 11) is 4.06. The molecule has 0 radical (unpaired) electrons. The molecule has 0 aliphatic carbocycles. The van der Waals surface area contributed by atoms with E-state index in [0.29, 0.717) is 6.04 Å². The summed E-state index contributed by atoms with van der Waals surface area (Å²) >= 11 is 0. The van der Waals surface area contributed by atoms with Crippen LogP contribution in [0.2, 0.25) is 0 Å². The van der Waals surface area contributed by atoms with E-state index in [1.165, 1.54) is 11.1 Å². The molecule has 1 aromatic rings. The van der Waals surface area contributed by atoms with Crippen LogP contribution in [0, 0.1) is 6.92 Å². The van der Waals surface area contributed by atoms with Crippen LogP contribution in [-0.4, -0.2) is 43.3 Å². The van der Waals surface area contributed by atoms with Crippen molar-refractivity contribution in [1.82, 2.24) is 10.2 Å². The van der Waals surface area contributed by atoms with Gasteiger partial charge in [-0.05, 0) is 39.9 Å². The first kappa shape index (κ1) is 15.2. The van der Waals surface area contributed by atoms with Crippen LogP contribution in [0.4, 0.5) is 0 Å². The molecule has 0 saturated carbocycles. The van der Waals surface area contributed by atoms with Crippen LogP contribution < -0.4 is 5.32 Å². The molecule has 3 heteroatoms. The van der Waals surface area contributed by atoms with E-state index in [1.807, 2.05) is 14.0 Å². The van der Waals surface area contributed by atoms with Crippen molar-refractivity contribution in [3.8, 4) is 0 Å². The van der Waals surface area contributed by atoms with Crippen LogP contribution in [0.3, 0.4) is 0 Å².